The maximum absolute atomic E-state index is 6.47. The molecule has 4 heteroatoms. The number of rotatable bonds is 3. The summed E-state index contributed by atoms with van der Waals surface area (Å²) in [5.74, 6) is 0.871. The second-order valence-electron chi connectivity index (χ2n) is 7.84. The second-order valence-corrected chi connectivity index (χ2v) is 8.68. The predicted octanol–water partition coefficient (Wildman–Crippen LogP) is 5.22. The number of nitrogens with zero attached hydrogens (tertiary/aromatic N) is 2. The molecular weight excluding hydrogens is 339 g/mol. The standard InChI is InChI=1S/C20H28Cl2N2/c21-17-9-8-16(18(22)13-17)14-24-12-11-23-10-4-7-19(23)20(24)15-5-2-1-3-6-15/h8-9,13,15,19-20H,1-7,10-12,14H2/t19-,20-/m0/s1. The number of hydrogen-bond donors (Lipinski definition) is 0. The molecule has 1 saturated carbocycles. The lowest BCUT2D eigenvalue weighted by molar-refractivity contribution is -0.00378. The summed E-state index contributed by atoms with van der Waals surface area (Å²) in [5.41, 5.74) is 1.23. The Bertz CT molecular complexity index is 571. The van der Waals surface area contributed by atoms with E-state index >= 15 is 0 Å². The fraction of sp³-hybridized carbons (Fsp3) is 0.700. The Kier molecular flexibility index (Phi) is 5.38. The zero-order valence-electron chi connectivity index (χ0n) is 14.4. The van der Waals surface area contributed by atoms with Gasteiger partial charge in [0.15, 0.2) is 0 Å². The lowest BCUT2D eigenvalue weighted by Crippen LogP contribution is -2.59. The smallest absolute Gasteiger partial charge is 0.0465 e. The molecule has 2 nitrogen and oxygen atoms in total. The van der Waals surface area contributed by atoms with E-state index in [1.165, 1.54) is 70.1 Å². The van der Waals surface area contributed by atoms with Gasteiger partial charge in [0.1, 0.15) is 0 Å². The molecule has 0 radical (unpaired) electrons. The van der Waals surface area contributed by atoms with E-state index in [1.54, 1.807) is 0 Å². The topological polar surface area (TPSA) is 6.48 Å². The van der Waals surface area contributed by atoms with Crippen molar-refractivity contribution in [2.75, 3.05) is 19.6 Å². The van der Waals surface area contributed by atoms with E-state index in [4.69, 9.17) is 23.2 Å². The summed E-state index contributed by atoms with van der Waals surface area (Å²) in [6.45, 7) is 4.68. The Morgan fingerprint density at radius 1 is 0.917 bits per heavy atom. The quantitative estimate of drug-likeness (QED) is 0.723. The molecule has 132 valence electrons. The fourth-order valence-electron chi connectivity index (χ4n) is 5.31. The van der Waals surface area contributed by atoms with Crippen LogP contribution in [0, 0.1) is 5.92 Å². The van der Waals surface area contributed by atoms with Crippen molar-refractivity contribution in [3.63, 3.8) is 0 Å². The summed E-state index contributed by atoms with van der Waals surface area (Å²) in [7, 11) is 0. The average molecular weight is 367 g/mol. The summed E-state index contributed by atoms with van der Waals surface area (Å²) in [4.78, 5) is 5.51. The molecule has 1 aromatic rings. The minimum atomic E-state index is 0.716. The van der Waals surface area contributed by atoms with Crippen molar-refractivity contribution < 1.29 is 0 Å². The van der Waals surface area contributed by atoms with E-state index in [1.807, 2.05) is 12.1 Å². The molecule has 0 N–H and O–H groups in total. The molecule has 2 aliphatic heterocycles. The minimum absolute atomic E-state index is 0.716. The lowest BCUT2D eigenvalue weighted by Gasteiger charge is -2.49. The normalized spacial score (nSPS) is 29.8. The first-order chi connectivity index (χ1) is 11.7. The van der Waals surface area contributed by atoms with Gasteiger partial charge < -0.3 is 0 Å². The van der Waals surface area contributed by atoms with Crippen molar-refractivity contribution in [1.29, 1.82) is 0 Å². The molecule has 3 aliphatic rings. The molecule has 2 saturated heterocycles. The highest BCUT2D eigenvalue weighted by Gasteiger charge is 2.42. The third-order valence-corrected chi connectivity index (χ3v) is 7.01. The molecule has 0 bridgehead atoms. The highest BCUT2D eigenvalue weighted by Crippen LogP contribution is 2.38. The van der Waals surface area contributed by atoms with Gasteiger partial charge in [-0.05, 0) is 55.8 Å². The minimum Gasteiger partial charge on any atom is -0.298 e. The van der Waals surface area contributed by atoms with E-state index in [9.17, 15) is 0 Å². The van der Waals surface area contributed by atoms with E-state index in [2.05, 4.69) is 15.9 Å². The van der Waals surface area contributed by atoms with Gasteiger partial charge in [0, 0.05) is 41.8 Å². The van der Waals surface area contributed by atoms with Gasteiger partial charge in [-0.25, -0.2) is 0 Å². The van der Waals surface area contributed by atoms with E-state index in [0.29, 0.717) is 6.04 Å². The van der Waals surface area contributed by atoms with Crippen LogP contribution in [0.3, 0.4) is 0 Å². The Labute approximate surface area is 156 Å². The van der Waals surface area contributed by atoms with Gasteiger partial charge >= 0.3 is 0 Å². The van der Waals surface area contributed by atoms with Crippen LogP contribution in [-0.2, 0) is 6.54 Å². The number of halogens is 2. The second kappa shape index (κ2) is 7.53. The molecule has 2 atom stereocenters. The lowest BCUT2D eigenvalue weighted by atomic mass is 9.78. The van der Waals surface area contributed by atoms with Crippen molar-refractivity contribution in [3.8, 4) is 0 Å². The summed E-state index contributed by atoms with van der Waals surface area (Å²) in [5, 5.41) is 1.55. The number of benzene rings is 1. The molecular formula is C20H28Cl2N2. The van der Waals surface area contributed by atoms with Crippen LogP contribution in [0.5, 0.6) is 0 Å². The van der Waals surface area contributed by atoms with Crippen molar-refractivity contribution in [2.24, 2.45) is 5.92 Å². The monoisotopic (exact) mass is 366 g/mol. The predicted molar refractivity (Wildman–Crippen MR) is 102 cm³/mol. The van der Waals surface area contributed by atoms with Crippen LogP contribution in [-0.4, -0.2) is 41.5 Å². The van der Waals surface area contributed by atoms with Gasteiger partial charge in [0.2, 0.25) is 0 Å². The van der Waals surface area contributed by atoms with Crippen LogP contribution in [0.4, 0.5) is 0 Å². The number of hydrogen-bond acceptors (Lipinski definition) is 2. The maximum atomic E-state index is 6.47. The van der Waals surface area contributed by atoms with Gasteiger partial charge in [-0.3, -0.25) is 9.80 Å². The van der Waals surface area contributed by atoms with Crippen molar-refractivity contribution in [2.45, 2.75) is 63.6 Å². The Morgan fingerprint density at radius 2 is 1.75 bits per heavy atom. The molecule has 24 heavy (non-hydrogen) atoms. The highest BCUT2D eigenvalue weighted by atomic mass is 35.5. The molecule has 0 spiro atoms. The maximum Gasteiger partial charge on any atom is 0.0465 e. The fourth-order valence-corrected chi connectivity index (χ4v) is 5.78. The molecule has 0 amide bonds. The molecule has 1 aliphatic carbocycles. The molecule has 4 rings (SSSR count). The van der Waals surface area contributed by atoms with E-state index < -0.39 is 0 Å². The average Bonchev–Trinajstić information content (AvgIpc) is 3.06. The Morgan fingerprint density at radius 3 is 2.54 bits per heavy atom. The Hall–Kier alpha value is -0.280. The summed E-state index contributed by atoms with van der Waals surface area (Å²) in [6, 6.07) is 7.47. The zero-order chi connectivity index (χ0) is 16.5. The molecule has 0 aromatic heterocycles. The SMILES string of the molecule is Clc1ccc(CN2CCN3CCC[C@H]3[C@@H]2C2CCCCC2)c(Cl)c1. The Balaban J connectivity index is 1.56. The third kappa shape index (κ3) is 3.49. The van der Waals surface area contributed by atoms with Crippen LogP contribution < -0.4 is 0 Å². The van der Waals surface area contributed by atoms with Crippen LogP contribution in [0.1, 0.15) is 50.5 Å². The number of piperazine rings is 1. The van der Waals surface area contributed by atoms with Gasteiger partial charge in [0.25, 0.3) is 0 Å². The van der Waals surface area contributed by atoms with Crippen molar-refractivity contribution >= 4 is 23.2 Å². The van der Waals surface area contributed by atoms with Gasteiger partial charge in [-0.15, -0.1) is 0 Å². The third-order valence-electron chi connectivity index (χ3n) is 6.43. The largest absolute Gasteiger partial charge is 0.298 e. The summed E-state index contributed by atoms with van der Waals surface area (Å²) < 4.78 is 0. The first-order valence-corrected chi connectivity index (χ1v) is 10.4. The van der Waals surface area contributed by atoms with Crippen LogP contribution in [0.25, 0.3) is 0 Å². The van der Waals surface area contributed by atoms with Gasteiger partial charge in [-0.1, -0.05) is 48.5 Å². The van der Waals surface area contributed by atoms with Crippen LogP contribution in [0.15, 0.2) is 18.2 Å². The molecule has 2 heterocycles. The van der Waals surface area contributed by atoms with Crippen molar-refractivity contribution in [1.82, 2.24) is 9.80 Å². The molecule has 3 fully saturated rings. The first kappa shape index (κ1) is 17.1. The first-order valence-electron chi connectivity index (χ1n) is 9.64. The zero-order valence-corrected chi connectivity index (χ0v) is 15.9. The molecule has 1 aromatic carbocycles. The van der Waals surface area contributed by atoms with Gasteiger partial charge in [-0.2, -0.15) is 0 Å². The summed E-state index contributed by atoms with van der Waals surface area (Å²) in [6.07, 6.45) is 9.86. The van der Waals surface area contributed by atoms with Crippen LogP contribution >= 0.6 is 23.2 Å². The van der Waals surface area contributed by atoms with E-state index in [-0.39, 0.29) is 0 Å². The summed E-state index contributed by atoms with van der Waals surface area (Å²) >= 11 is 12.6. The van der Waals surface area contributed by atoms with E-state index in [0.717, 1.165) is 28.5 Å². The highest BCUT2D eigenvalue weighted by molar-refractivity contribution is 6.35. The number of fused-ring (bicyclic) bond motifs is 1. The molecule has 0 unspecified atom stereocenters. The van der Waals surface area contributed by atoms with Gasteiger partial charge in [0.05, 0.1) is 0 Å². The van der Waals surface area contributed by atoms with Crippen LogP contribution in [0.2, 0.25) is 10.0 Å². The van der Waals surface area contributed by atoms with Crippen molar-refractivity contribution in [3.05, 3.63) is 33.8 Å².